The van der Waals surface area contributed by atoms with Crippen molar-refractivity contribution < 1.29 is 4.74 Å². The van der Waals surface area contributed by atoms with Crippen LogP contribution in [-0.4, -0.2) is 37.2 Å². The van der Waals surface area contributed by atoms with Gasteiger partial charge < -0.3 is 9.64 Å². The first-order chi connectivity index (χ1) is 5.16. The van der Waals surface area contributed by atoms with Crippen LogP contribution in [0.1, 0.15) is 20.8 Å². The summed E-state index contributed by atoms with van der Waals surface area (Å²) in [7, 11) is 2.17. The van der Waals surface area contributed by atoms with E-state index < -0.39 is 0 Å². The molecule has 1 rings (SSSR count). The fourth-order valence-electron chi connectivity index (χ4n) is 1.75. The van der Waals surface area contributed by atoms with Crippen LogP contribution >= 0.6 is 0 Å². The molecule has 0 aromatic rings. The van der Waals surface area contributed by atoms with Crippen LogP contribution in [0.4, 0.5) is 0 Å². The van der Waals surface area contributed by atoms with Gasteiger partial charge in [-0.25, -0.2) is 0 Å². The van der Waals surface area contributed by atoms with Crippen molar-refractivity contribution in [3.63, 3.8) is 0 Å². The third-order valence-corrected chi connectivity index (χ3v) is 2.89. The second-order valence-electron chi connectivity index (χ2n) is 3.53. The van der Waals surface area contributed by atoms with Gasteiger partial charge in [0.1, 0.15) is 0 Å². The Labute approximate surface area is 69.5 Å². The first-order valence-electron chi connectivity index (χ1n) is 4.48. The van der Waals surface area contributed by atoms with E-state index >= 15 is 0 Å². The van der Waals surface area contributed by atoms with Crippen molar-refractivity contribution in [3.8, 4) is 0 Å². The number of nitrogens with zero attached hydrogens (tertiary/aromatic N) is 1. The van der Waals surface area contributed by atoms with E-state index in [2.05, 4.69) is 32.7 Å². The third kappa shape index (κ3) is 1.74. The van der Waals surface area contributed by atoms with Crippen LogP contribution in [0.15, 0.2) is 0 Å². The summed E-state index contributed by atoms with van der Waals surface area (Å²) in [5, 5.41) is 0. The summed E-state index contributed by atoms with van der Waals surface area (Å²) in [5.41, 5.74) is 0. The van der Waals surface area contributed by atoms with Gasteiger partial charge in [-0.15, -0.1) is 0 Å². The molecule has 3 unspecified atom stereocenters. The average Bonchev–Trinajstić information content (AvgIpc) is 2.19. The smallest absolute Gasteiger partial charge is 0.0742 e. The largest absolute Gasteiger partial charge is 0.377 e. The van der Waals surface area contributed by atoms with Crippen LogP contribution in [0.25, 0.3) is 0 Å². The Hall–Kier alpha value is -0.0800. The molecular weight excluding hydrogens is 138 g/mol. The van der Waals surface area contributed by atoms with E-state index in [4.69, 9.17) is 4.74 Å². The van der Waals surface area contributed by atoms with E-state index in [0.717, 1.165) is 13.2 Å². The van der Waals surface area contributed by atoms with Gasteiger partial charge in [0, 0.05) is 19.2 Å². The zero-order chi connectivity index (χ0) is 8.43. The topological polar surface area (TPSA) is 12.5 Å². The van der Waals surface area contributed by atoms with Gasteiger partial charge in [-0.2, -0.15) is 0 Å². The minimum atomic E-state index is 0.458. The number of likely N-dealkylation sites (N-methyl/N-ethyl adjacent to an activating group) is 1. The molecule has 1 aliphatic heterocycles. The Morgan fingerprint density at radius 1 is 1.45 bits per heavy atom. The highest BCUT2D eigenvalue weighted by atomic mass is 16.5. The predicted molar refractivity (Wildman–Crippen MR) is 46.7 cm³/mol. The second-order valence-corrected chi connectivity index (χ2v) is 3.53. The molecule has 1 aliphatic rings. The summed E-state index contributed by atoms with van der Waals surface area (Å²) in [6.45, 7) is 8.54. The zero-order valence-corrected chi connectivity index (χ0v) is 8.00. The Morgan fingerprint density at radius 2 is 2.09 bits per heavy atom. The van der Waals surface area contributed by atoms with Crippen LogP contribution in [0.3, 0.4) is 0 Å². The van der Waals surface area contributed by atoms with Crippen molar-refractivity contribution in [1.29, 1.82) is 0 Å². The maximum atomic E-state index is 5.61. The molecule has 0 aliphatic carbocycles. The molecule has 0 N–H and O–H groups in total. The Balaban J connectivity index is 2.45. The molecule has 2 nitrogen and oxygen atoms in total. The van der Waals surface area contributed by atoms with Crippen LogP contribution in [0, 0.1) is 5.92 Å². The van der Waals surface area contributed by atoms with Crippen molar-refractivity contribution in [2.75, 3.05) is 20.2 Å². The first kappa shape index (κ1) is 9.01. The van der Waals surface area contributed by atoms with Crippen molar-refractivity contribution >= 4 is 0 Å². The third-order valence-electron chi connectivity index (χ3n) is 2.89. The molecule has 0 bridgehead atoms. The second kappa shape index (κ2) is 3.55. The Bertz CT molecular complexity index is 127. The SMILES string of the molecule is CCOC1CN(C)C(C)C1C. The lowest BCUT2D eigenvalue weighted by Gasteiger charge is -2.17. The molecule has 0 amide bonds. The molecule has 1 saturated heterocycles. The lowest BCUT2D eigenvalue weighted by Crippen LogP contribution is -2.24. The molecule has 0 aromatic heterocycles. The molecular formula is C9H19NO. The summed E-state index contributed by atoms with van der Waals surface area (Å²) < 4.78 is 5.61. The van der Waals surface area contributed by atoms with Gasteiger partial charge in [0.05, 0.1) is 6.10 Å². The average molecular weight is 157 g/mol. The monoisotopic (exact) mass is 157 g/mol. The van der Waals surface area contributed by atoms with Crippen molar-refractivity contribution in [3.05, 3.63) is 0 Å². The molecule has 0 spiro atoms. The molecule has 1 fully saturated rings. The molecule has 66 valence electrons. The van der Waals surface area contributed by atoms with Crippen LogP contribution in [-0.2, 0) is 4.74 Å². The van der Waals surface area contributed by atoms with Gasteiger partial charge >= 0.3 is 0 Å². The van der Waals surface area contributed by atoms with E-state index in [1.807, 2.05) is 0 Å². The van der Waals surface area contributed by atoms with E-state index in [1.54, 1.807) is 0 Å². The van der Waals surface area contributed by atoms with Crippen LogP contribution in [0.2, 0.25) is 0 Å². The van der Waals surface area contributed by atoms with Gasteiger partial charge in [0.2, 0.25) is 0 Å². The summed E-state index contributed by atoms with van der Waals surface area (Å²) in [6, 6.07) is 0.673. The highest BCUT2D eigenvalue weighted by Gasteiger charge is 2.33. The molecule has 1 heterocycles. The van der Waals surface area contributed by atoms with Crippen LogP contribution in [0.5, 0.6) is 0 Å². The number of hydrogen-bond acceptors (Lipinski definition) is 2. The van der Waals surface area contributed by atoms with Crippen molar-refractivity contribution in [2.24, 2.45) is 5.92 Å². The van der Waals surface area contributed by atoms with E-state index in [-0.39, 0.29) is 0 Å². The molecule has 0 saturated carbocycles. The fourth-order valence-corrected chi connectivity index (χ4v) is 1.75. The molecule has 0 radical (unpaired) electrons. The normalized spacial score (nSPS) is 39.8. The quantitative estimate of drug-likeness (QED) is 0.600. The summed E-state index contributed by atoms with van der Waals surface area (Å²) in [4.78, 5) is 2.37. The lowest BCUT2D eigenvalue weighted by atomic mass is 10.0. The minimum absolute atomic E-state index is 0.458. The van der Waals surface area contributed by atoms with Gasteiger partial charge in [0.15, 0.2) is 0 Å². The molecule has 0 aromatic carbocycles. The van der Waals surface area contributed by atoms with Crippen molar-refractivity contribution in [2.45, 2.75) is 32.9 Å². The van der Waals surface area contributed by atoms with Gasteiger partial charge in [-0.1, -0.05) is 6.92 Å². The van der Waals surface area contributed by atoms with Gasteiger partial charge in [-0.3, -0.25) is 0 Å². The van der Waals surface area contributed by atoms with Crippen LogP contribution < -0.4 is 0 Å². The van der Waals surface area contributed by atoms with Gasteiger partial charge in [0.25, 0.3) is 0 Å². The molecule has 11 heavy (non-hydrogen) atoms. The van der Waals surface area contributed by atoms with Gasteiger partial charge in [-0.05, 0) is 26.8 Å². The maximum Gasteiger partial charge on any atom is 0.0742 e. The fraction of sp³-hybridized carbons (Fsp3) is 1.00. The number of likely N-dealkylation sites (tertiary alicyclic amines) is 1. The number of ether oxygens (including phenoxy) is 1. The summed E-state index contributed by atoms with van der Waals surface area (Å²) in [6.07, 6.45) is 0.458. The zero-order valence-electron chi connectivity index (χ0n) is 8.00. The number of rotatable bonds is 2. The molecule has 3 atom stereocenters. The standard InChI is InChI=1S/C9H19NO/c1-5-11-9-6-10(4)8(3)7(9)2/h7-9H,5-6H2,1-4H3. The summed E-state index contributed by atoms with van der Waals surface area (Å²) in [5.74, 6) is 0.681. The predicted octanol–water partition coefficient (Wildman–Crippen LogP) is 1.36. The summed E-state index contributed by atoms with van der Waals surface area (Å²) >= 11 is 0. The van der Waals surface area contributed by atoms with Crippen molar-refractivity contribution in [1.82, 2.24) is 4.90 Å². The Morgan fingerprint density at radius 3 is 2.45 bits per heavy atom. The molecule has 2 heteroatoms. The number of hydrogen-bond donors (Lipinski definition) is 0. The maximum absolute atomic E-state index is 5.61. The van der Waals surface area contributed by atoms with E-state index in [0.29, 0.717) is 18.1 Å². The highest BCUT2D eigenvalue weighted by molar-refractivity contribution is 4.87. The highest BCUT2D eigenvalue weighted by Crippen LogP contribution is 2.24. The van der Waals surface area contributed by atoms with E-state index in [1.165, 1.54) is 0 Å². The first-order valence-corrected chi connectivity index (χ1v) is 4.48. The minimum Gasteiger partial charge on any atom is -0.377 e. The van der Waals surface area contributed by atoms with E-state index in [9.17, 15) is 0 Å². The Kier molecular flexibility index (Phi) is 2.90. The lowest BCUT2D eigenvalue weighted by molar-refractivity contribution is 0.0463.